The fourth-order valence-corrected chi connectivity index (χ4v) is 4.99. The second-order valence-electron chi connectivity index (χ2n) is 10.0. The summed E-state index contributed by atoms with van der Waals surface area (Å²) in [6.45, 7) is 8.12. The predicted octanol–water partition coefficient (Wildman–Crippen LogP) is 5.53. The van der Waals surface area contributed by atoms with Crippen LogP contribution in [0.2, 0.25) is 0 Å². The minimum atomic E-state index is -0.0600. The number of nitrogens with zero attached hydrogens (tertiary/aromatic N) is 5. The number of fused-ring (bicyclic) bond motifs is 1. The van der Waals surface area contributed by atoms with Crippen LogP contribution in [0.1, 0.15) is 53.0 Å². The van der Waals surface area contributed by atoms with Crippen LogP contribution in [0.5, 0.6) is 0 Å². The Kier molecular flexibility index (Phi) is 7.75. The molecule has 0 amide bonds. The van der Waals surface area contributed by atoms with Gasteiger partial charge in [-0.3, -0.25) is 9.69 Å². The number of aromatic amines is 1. The van der Waals surface area contributed by atoms with Crippen molar-refractivity contribution in [3.8, 4) is 0 Å². The first-order valence-corrected chi connectivity index (χ1v) is 13.2. The Labute approximate surface area is 223 Å². The maximum absolute atomic E-state index is 13.2. The van der Waals surface area contributed by atoms with E-state index in [1.807, 2.05) is 29.8 Å². The van der Waals surface area contributed by atoms with Gasteiger partial charge >= 0.3 is 0 Å². The average molecular weight is 507 g/mol. The van der Waals surface area contributed by atoms with E-state index in [4.69, 9.17) is 0 Å². The van der Waals surface area contributed by atoms with Crippen molar-refractivity contribution in [2.45, 2.75) is 59.3 Å². The van der Waals surface area contributed by atoms with Gasteiger partial charge in [0.05, 0.1) is 6.04 Å². The maximum atomic E-state index is 13.2. The Bertz CT molecular complexity index is 1560. The number of benzene rings is 3. The van der Waals surface area contributed by atoms with Crippen molar-refractivity contribution in [1.82, 2.24) is 30.1 Å². The number of pyridine rings is 1. The average Bonchev–Trinajstić information content (AvgIpc) is 3.38. The number of hydrogen-bond donors (Lipinski definition) is 1. The van der Waals surface area contributed by atoms with Crippen LogP contribution in [0.3, 0.4) is 0 Å². The molecule has 0 aliphatic heterocycles. The molecule has 5 aromatic rings. The molecule has 0 bridgehead atoms. The smallest absolute Gasteiger partial charge is 0.252 e. The summed E-state index contributed by atoms with van der Waals surface area (Å²) < 4.78 is 1.91. The Morgan fingerprint density at radius 1 is 0.895 bits per heavy atom. The number of nitrogens with one attached hydrogen (secondary N) is 1. The molecule has 0 radical (unpaired) electrons. The SMILES string of the molecule is CC[C@H](c1nnnn1CCc1ccccc1)N(Cc1ccc(C)cc1)Cc1cc2ccc(C)cc2[nH]c1=O. The summed E-state index contributed by atoms with van der Waals surface area (Å²) in [7, 11) is 0. The minimum Gasteiger partial charge on any atom is -0.322 e. The van der Waals surface area contributed by atoms with E-state index in [0.29, 0.717) is 19.6 Å². The van der Waals surface area contributed by atoms with Crippen molar-refractivity contribution in [3.05, 3.63) is 123 Å². The quantitative estimate of drug-likeness (QED) is 0.270. The number of aromatic nitrogens is 5. The summed E-state index contributed by atoms with van der Waals surface area (Å²) in [5.74, 6) is 0.823. The molecule has 7 heteroatoms. The molecule has 5 rings (SSSR count). The summed E-state index contributed by atoms with van der Waals surface area (Å²) in [6.07, 6.45) is 1.65. The minimum absolute atomic E-state index is 0.0597. The normalized spacial score (nSPS) is 12.3. The second kappa shape index (κ2) is 11.5. The Hall–Kier alpha value is -4.10. The monoisotopic (exact) mass is 506 g/mol. The summed E-state index contributed by atoms with van der Waals surface area (Å²) in [5.41, 5.74) is 6.31. The van der Waals surface area contributed by atoms with Gasteiger partial charge in [-0.05, 0) is 71.3 Å². The van der Waals surface area contributed by atoms with Crippen LogP contribution < -0.4 is 5.56 Å². The van der Waals surface area contributed by atoms with Gasteiger partial charge in [0.1, 0.15) is 0 Å². The maximum Gasteiger partial charge on any atom is 0.252 e. The summed E-state index contributed by atoms with van der Waals surface area (Å²) in [5, 5.41) is 13.9. The lowest BCUT2D eigenvalue weighted by Crippen LogP contribution is -2.32. The zero-order valence-corrected chi connectivity index (χ0v) is 22.3. The van der Waals surface area contributed by atoms with Gasteiger partial charge < -0.3 is 4.98 Å². The molecule has 2 aromatic heterocycles. The van der Waals surface area contributed by atoms with Gasteiger partial charge in [-0.15, -0.1) is 5.10 Å². The molecule has 1 atom stereocenters. The molecule has 0 saturated carbocycles. The van der Waals surface area contributed by atoms with E-state index in [1.54, 1.807) is 0 Å². The zero-order chi connectivity index (χ0) is 26.5. The summed E-state index contributed by atoms with van der Waals surface area (Å²) in [4.78, 5) is 18.6. The third-order valence-electron chi connectivity index (χ3n) is 7.10. The predicted molar refractivity (Wildman–Crippen MR) is 151 cm³/mol. The van der Waals surface area contributed by atoms with Crippen molar-refractivity contribution in [3.63, 3.8) is 0 Å². The first-order chi connectivity index (χ1) is 18.5. The zero-order valence-electron chi connectivity index (χ0n) is 22.3. The van der Waals surface area contributed by atoms with Crippen molar-refractivity contribution < 1.29 is 0 Å². The van der Waals surface area contributed by atoms with E-state index < -0.39 is 0 Å². The highest BCUT2D eigenvalue weighted by molar-refractivity contribution is 5.79. The van der Waals surface area contributed by atoms with Crippen LogP contribution >= 0.6 is 0 Å². The molecule has 0 aliphatic carbocycles. The first kappa shape index (κ1) is 25.5. The molecular weight excluding hydrogens is 472 g/mol. The Balaban J connectivity index is 1.47. The van der Waals surface area contributed by atoms with E-state index in [2.05, 4.69) is 99.9 Å². The molecule has 1 N–H and O–H groups in total. The Morgan fingerprint density at radius 3 is 2.42 bits per heavy atom. The molecule has 38 heavy (non-hydrogen) atoms. The van der Waals surface area contributed by atoms with Crippen LogP contribution in [0.4, 0.5) is 0 Å². The van der Waals surface area contributed by atoms with Gasteiger partial charge in [-0.1, -0.05) is 79.2 Å². The second-order valence-corrected chi connectivity index (χ2v) is 10.0. The van der Waals surface area contributed by atoms with Crippen LogP contribution in [0.25, 0.3) is 10.9 Å². The molecule has 2 heterocycles. The van der Waals surface area contributed by atoms with Crippen LogP contribution in [0, 0.1) is 13.8 Å². The van der Waals surface area contributed by atoms with E-state index >= 15 is 0 Å². The number of rotatable bonds is 10. The summed E-state index contributed by atoms with van der Waals surface area (Å²) >= 11 is 0. The van der Waals surface area contributed by atoms with E-state index in [9.17, 15) is 4.79 Å². The lowest BCUT2D eigenvalue weighted by Gasteiger charge is -2.30. The molecule has 0 fully saturated rings. The highest BCUT2D eigenvalue weighted by atomic mass is 16.1. The van der Waals surface area contributed by atoms with Gasteiger partial charge in [-0.2, -0.15) is 0 Å². The van der Waals surface area contributed by atoms with Gasteiger partial charge in [-0.25, -0.2) is 4.68 Å². The molecule has 0 saturated heterocycles. The molecule has 194 valence electrons. The van der Waals surface area contributed by atoms with Crippen molar-refractivity contribution in [2.24, 2.45) is 0 Å². The largest absolute Gasteiger partial charge is 0.322 e. The van der Waals surface area contributed by atoms with Crippen molar-refractivity contribution >= 4 is 10.9 Å². The lowest BCUT2D eigenvalue weighted by atomic mass is 10.1. The number of tetrazole rings is 1. The van der Waals surface area contributed by atoms with Crippen LogP contribution in [-0.2, 0) is 26.1 Å². The third kappa shape index (κ3) is 5.89. The third-order valence-corrected chi connectivity index (χ3v) is 7.10. The van der Waals surface area contributed by atoms with Crippen LogP contribution in [-0.4, -0.2) is 30.1 Å². The Morgan fingerprint density at radius 2 is 1.66 bits per heavy atom. The fraction of sp³-hybridized carbons (Fsp3) is 0.290. The van der Waals surface area contributed by atoms with Gasteiger partial charge in [0, 0.05) is 30.7 Å². The lowest BCUT2D eigenvalue weighted by molar-refractivity contribution is 0.160. The number of H-pyrrole nitrogens is 1. The molecule has 0 spiro atoms. The topological polar surface area (TPSA) is 79.7 Å². The van der Waals surface area contributed by atoms with E-state index in [-0.39, 0.29) is 11.6 Å². The van der Waals surface area contributed by atoms with E-state index in [1.165, 1.54) is 16.7 Å². The molecule has 0 unspecified atom stereocenters. The number of hydrogen-bond acceptors (Lipinski definition) is 5. The van der Waals surface area contributed by atoms with E-state index in [0.717, 1.165) is 40.7 Å². The summed E-state index contributed by atoms with van der Waals surface area (Å²) in [6, 6.07) is 27.0. The molecule has 7 nitrogen and oxygen atoms in total. The highest BCUT2D eigenvalue weighted by Gasteiger charge is 2.26. The number of aryl methyl sites for hydroxylation is 4. The molecule has 3 aromatic carbocycles. The molecular formula is C31H34N6O. The standard InChI is InChI=1S/C31H34N6O/c1-4-29(30-33-34-35-37(30)17-16-24-8-6-5-7-9-24)36(20-25-13-10-22(2)11-14-25)21-27-19-26-15-12-23(3)18-28(26)32-31(27)38/h5-15,18-19,29H,4,16-17,20-21H2,1-3H3,(H,32,38)/t29-/m1/s1. The van der Waals surface area contributed by atoms with Gasteiger partial charge in [0.25, 0.3) is 5.56 Å². The van der Waals surface area contributed by atoms with Gasteiger partial charge in [0.15, 0.2) is 5.82 Å². The van der Waals surface area contributed by atoms with Crippen LogP contribution in [0.15, 0.2) is 83.7 Å². The first-order valence-electron chi connectivity index (χ1n) is 13.2. The van der Waals surface area contributed by atoms with Gasteiger partial charge in [0.2, 0.25) is 0 Å². The fourth-order valence-electron chi connectivity index (χ4n) is 4.99. The van der Waals surface area contributed by atoms with Crippen molar-refractivity contribution in [1.29, 1.82) is 0 Å². The van der Waals surface area contributed by atoms with Crippen molar-refractivity contribution in [2.75, 3.05) is 0 Å². The highest BCUT2D eigenvalue weighted by Crippen LogP contribution is 2.27. The molecule has 0 aliphatic rings.